The maximum Gasteiger partial charge on any atom is 0.363 e. The van der Waals surface area contributed by atoms with Crippen LogP contribution in [0.2, 0.25) is 10.0 Å². The lowest BCUT2D eigenvalue weighted by atomic mass is 10.2. The fourth-order valence-electron chi connectivity index (χ4n) is 2.35. The van der Waals surface area contributed by atoms with E-state index < -0.39 is 11.9 Å². The molecule has 6 nitrogen and oxygen atoms in total. The summed E-state index contributed by atoms with van der Waals surface area (Å²) in [4.78, 5) is 27.6. The normalized spacial score (nSPS) is 14.6. The van der Waals surface area contributed by atoms with E-state index in [0.29, 0.717) is 33.5 Å². The first-order valence-corrected chi connectivity index (χ1v) is 9.08. The Bertz CT molecular complexity index is 967. The Labute approximate surface area is 171 Å². The Morgan fingerprint density at radius 3 is 2.61 bits per heavy atom. The molecule has 0 saturated carbocycles. The second-order valence-electron chi connectivity index (χ2n) is 5.62. The van der Waals surface area contributed by atoms with Crippen molar-refractivity contribution in [2.45, 2.75) is 6.92 Å². The highest BCUT2D eigenvalue weighted by Crippen LogP contribution is 2.26. The van der Waals surface area contributed by atoms with Crippen LogP contribution in [0.3, 0.4) is 0 Å². The van der Waals surface area contributed by atoms with Crippen molar-refractivity contribution in [1.82, 2.24) is 0 Å². The SMILES string of the molecule is CCOC(=O)COc1ccc(/C=C2\N=C(c3ccc(Cl)cc3Cl)OC2=O)cc1. The summed E-state index contributed by atoms with van der Waals surface area (Å²) in [6.45, 7) is 1.85. The molecule has 0 aliphatic carbocycles. The Hall–Kier alpha value is -2.83. The number of halogens is 2. The molecular formula is C20H15Cl2NO5. The number of carbonyl (C=O) groups is 2. The average Bonchev–Trinajstić information content (AvgIpc) is 3.01. The summed E-state index contributed by atoms with van der Waals surface area (Å²) in [5.74, 6) is -0.401. The molecule has 2 aromatic carbocycles. The lowest BCUT2D eigenvalue weighted by Gasteiger charge is -2.05. The zero-order chi connectivity index (χ0) is 20.1. The second kappa shape index (κ2) is 8.91. The molecule has 8 heteroatoms. The van der Waals surface area contributed by atoms with Crippen LogP contribution in [0, 0.1) is 0 Å². The highest BCUT2D eigenvalue weighted by Gasteiger charge is 2.25. The lowest BCUT2D eigenvalue weighted by molar-refractivity contribution is -0.145. The predicted molar refractivity (Wildman–Crippen MR) is 106 cm³/mol. The summed E-state index contributed by atoms with van der Waals surface area (Å²) in [7, 11) is 0. The van der Waals surface area contributed by atoms with Crippen LogP contribution in [0.15, 0.2) is 53.2 Å². The number of cyclic esters (lactones) is 1. The Morgan fingerprint density at radius 1 is 1.18 bits per heavy atom. The summed E-state index contributed by atoms with van der Waals surface area (Å²) in [6, 6.07) is 11.6. The number of rotatable bonds is 6. The van der Waals surface area contributed by atoms with Crippen LogP contribution < -0.4 is 4.74 Å². The molecule has 0 saturated heterocycles. The summed E-state index contributed by atoms with van der Waals surface area (Å²) in [5, 5.41) is 0.808. The van der Waals surface area contributed by atoms with Crippen molar-refractivity contribution < 1.29 is 23.8 Å². The van der Waals surface area contributed by atoms with Gasteiger partial charge in [0.2, 0.25) is 5.90 Å². The summed E-state index contributed by atoms with van der Waals surface area (Å²) < 4.78 is 15.3. The zero-order valence-electron chi connectivity index (χ0n) is 14.8. The third kappa shape index (κ3) is 4.91. The van der Waals surface area contributed by atoms with E-state index in [1.807, 2.05) is 0 Å². The molecule has 0 spiro atoms. The van der Waals surface area contributed by atoms with Gasteiger partial charge in [-0.05, 0) is 48.9 Å². The van der Waals surface area contributed by atoms with Gasteiger partial charge in [0.25, 0.3) is 0 Å². The Kier molecular flexibility index (Phi) is 6.34. The van der Waals surface area contributed by atoms with Gasteiger partial charge in [0.15, 0.2) is 12.3 Å². The molecule has 0 atom stereocenters. The molecular weight excluding hydrogens is 405 g/mol. The van der Waals surface area contributed by atoms with Gasteiger partial charge >= 0.3 is 11.9 Å². The maximum atomic E-state index is 12.1. The molecule has 1 aliphatic rings. The minimum atomic E-state index is -0.580. The molecule has 0 unspecified atom stereocenters. The van der Waals surface area contributed by atoms with Crippen molar-refractivity contribution in [3.63, 3.8) is 0 Å². The molecule has 1 heterocycles. The largest absolute Gasteiger partial charge is 0.482 e. The zero-order valence-corrected chi connectivity index (χ0v) is 16.3. The third-order valence-corrected chi connectivity index (χ3v) is 4.18. The molecule has 0 aromatic heterocycles. The van der Waals surface area contributed by atoms with Crippen LogP contribution in [0.5, 0.6) is 5.75 Å². The van der Waals surface area contributed by atoms with Crippen LogP contribution in [0.25, 0.3) is 6.08 Å². The Morgan fingerprint density at radius 2 is 1.93 bits per heavy atom. The van der Waals surface area contributed by atoms with Crippen molar-refractivity contribution in [1.29, 1.82) is 0 Å². The standard InChI is InChI=1S/C20H15Cl2NO5/c1-2-26-18(24)11-27-14-6-3-12(4-7-14)9-17-20(25)28-19(23-17)15-8-5-13(21)10-16(15)22/h3-10H,2,11H2,1H3/b17-9-. The number of carbonyl (C=O) groups excluding carboxylic acids is 2. The number of aliphatic imine (C=N–C) groups is 1. The first kappa shape index (κ1) is 19.9. The monoisotopic (exact) mass is 419 g/mol. The molecule has 0 radical (unpaired) electrons. The molecule has 144 valence electrons. The van der Waals surface area contributed by atoms with Gasteiger partial charge in [0, 0.05) is 5.02 Å². The molecule has 2 aromatic rings. The van der Waals surface area contributed by atoms with E-state index in [-0.39, 0.29) is 18.2 Å². The molecule has 0 N–H and O–H groups in total. The van der Waals surface area contributed by atoms with E-state index in [4.69, 9.17) is 37.4 Å². The van der Waals surface area contributed by atoms with E-state index in [1.165, 1.54) is 0 Å². The summed E-state index contributed by atoms with van der Waals surface area (Å²) in [6.07, 6.45) is 1.58. The number of esters is 2. The minimum absolute atomic E-state index is 0.118. The van der Waals surface area contributed by atoms with Gasteiger partial charge < -0.3 is 14.2 Å². The van der Waals surface area contributed by atoms with Crippen LogP contribution in [0.4, 0.5) is 0 Å². The van der Waals surface area contributed by atoms with Crippen LogP contribution in [-0.2, 0) is 19.1 Å². The van der Waals surface area contributed by atoms with Gasteiger partial charge in [0.05, 0.1) is 17.2 Å². The van der Waals surface area contributed by atoms with Gasteiger partial charge in [-0.15, -0.1) is 0 Å². The van der Waals surface area contributed by atoms with Crippen molar-refractivity contribution >= 4 is 47.1 Å². The van der Waals surface area contributed by atoms with Crippen molar-refractivity contribution in [3.8, 4) is 5.75 Å². The molecule has 0 amide bonds. The minimum Gasteiger partial charge on any atom is -0.482 e. The van der Waals surface area contributed by atoms with Gasteiger partial charge in [-0.2, -0.15) is 0 Å². The highest BCUT2D eigenvalue weighted by atomic mass is 35.5. The Balaban J connectivity index is 1.73. The smallest absolute Gasteiger partial charge is 0.363 e. The van der Waals surface area contributed by atoms with Crippen molar-refractivity contribution in [2.75, 3.05) is 13.2 Å². The lowest BCUT2D eigenvalue weighted by Crippen LogP contribution is -2.14. The van der Waals surface area contributed by atoms with Crippen LogP contribution in [-0.4, -0.2) is 31.1 Å². The predicted octanol–water partition coefficient (Wildman–Crippen LogP) is 4.28. The quantitative estimate of drug-likeness (QED) is 0.515. The molecule has 1 aliphatic heterocycles. The van der Waals surface area contributed by atoms with Gasteiger partial charge in [0.1, 0.15) is 5.75 Å². The summed E-state index contributed by atoms with van der Waals surface area (Å²) in [5.41, 5.74) is 1.33. The second-order valence-corrected chi connectivity index (χ2v) is 6.47. The number of benzene rings is 2. The van der Waals surface area contributed by atoms with Gasteiger partial charge in [-0.1, -0.05) is 35.3 Å². The van der Waals surface area contributed by atoms with Crippen molar-refractivity contribution in [3.05, 3.63) is 69.3 Å². The number of hydrogen-bond donors (Lipinski definition) is 0. The fourth-order valence-corrected chi connectivity index (χ4v) is 2.84. The maximum absolute atomic E-state index is 12.1. The third-order valence-electron chi connectivity index (χ3n) is 3.63. The number of hydrogen-bond acceptors (Lipinski definition) is 6. The summed E-state index contributed by atoms with van der Waals surface area (Å²) >= 11 is 12.0. The highest BCUT2D eigenvalue weighted by molar-refractivity contribution is 6.37. The fraction of sp³-hybridized carbons (Fsp3) is 0.150. The van der Waals surface area contributed by atoms with E-state index in [0.717, 1.165) is 0 Å². The van der Waals surface area contributed by atoms with Crippen LogP contribution >= 0.6 is 23.2 Å². The molecule has 0 fully saturated rings. The van der Waals surface area contributed by atoms with E-state index in [2.05, 4.69) is 4.99 Å². The van der Waals surface area contributed by atoms with Crippen molar-refractivity contribution in [2.24, 2.45) is 4.99 Å². The van der Waals surface area contributed by atoms with E-state index >= 15 is 0 Å². The molecule has 0 bridgehead atoms. The topological polar surface area (TPSA) is 74.2 Å². The number of ether oxygens (including phenoxy) is 3. The van der Waals surface area contributed by atoms with E-state index in [1.54, 1.807) is 55.5 Å². The van der Waals surface area contributed by atoms with Gasteiger partial charge in [-0.3, -0.25) is 0 Å². The molecule has 3 rings (SSSR count). The van der Waals surface area contributed by atoms with Crippen LogP contribution in [0.1, 0.15) is 18.1 Å². The average molecular weight is 420 g/mol. The first-order valence-electron chi connectivity index (χ1n) is 8.32. The van der Waals surface area contributed by atoms with E-state index in [9.17, 15) is 9.59 Å². The van der Waals surface area contributed by atoms with Gasteiger partial charge in [-0.25, -0.2) is 14.6 Å². The number of nitrogens with zero attached hydrogens (tertiary/aromatic N) is 1. The first-order chi connectivity index (χ1) is 13.5. The molecule has 28 heavy (non-hydrogen) atoms.